The van der Waals surface area contributed by atoms with E-state index < -0.39 is 0 Å². The van der Waals surface area contributed by atoms with Gasteiger partial charge < -0.3 is 24.5 Å². The molecule has 25 heavy (non-hydrogen) atoms. The Labute approximate surface area is 149 Å². The molecule has 0 bridgehead atoms. The number of nitrogens with zero attached hydrogens (tertiary/aromatic N) is 3. The number of aliphatic imine (C=N–C) groups is 1. The van der Waals surface area contributed by atoms with E-state index in [1.807, 2.05) is 18.3 Å². The molecule has 0 amide bonds. The van der Waals surface area contributed by atoms with Gasteiger partial charge in [0.05, 0.1) is 25.5 Å². The van der Waals surface area contributed by atoms with Gasteiger partial charge in [0.25, 0.3) is 0 Å². The summed E-state index contributed by atoms with van der Waals surface area (Å²) in [7, 11) is 1.68. The summed E-state index contributed by atoms with van der Waals surface area (Å²) in [5.41, 5.74) is 3.07. The fourth-order valence-electron chi connectivity index (χ4n) is 2.40. The van der Waals surface area contributed by atoms with E-state index in [-0.39, 0.29) is 0 Å². The van der Waals surface area contributed by atoms with Gasteiger partial charge in [-0.2, -0.15) is 0 Å². The van der Waals surface area contributed by atoms with Crippen molar-refractivity contribution in [3.63, 3.8) is 0 Å². The van der Waals surface area contributed by atoms with E-state index in [4.69, 9.17) is 9.47 Å². The Hall–Kier alpha value is -2.12. The fraction of sp³-hybridized carbons (Fsp3) is 0.556. The van der Waals surface area contributed by atoms with E-state index >= 15 is 0 Å². The molecule has 0 aromatic carbocycles. The molecule has 2 heterocycles. The highest BCUT2D eigenvalue weighted by Crippen LogP contribution is 2.09. The van der Waals surface area contributed by atoms with Gasteiger partial charge in [0.1, 0.15) is 5.65 Å². The zero-order chi connectivity index (χ0) is 17.9. The number of ether oxygens (including phenoxy) is 2. The normalized spacial score (nSPS) is 11.9. The summed E-state index contributed by atoms with van der Waals surface area (Å²) in [4.78, 5) is 9.23. The lowest BCUT2D eigenvalue weighted by Crippen LogP contribution is -2.38. The maximum atomic E-state index is 5.45. The Balaban J connectivity index is 1.82. The van der Waals surface area contributed by atoms with Crippen molar-refractivity contribution in [3.05, 3.63) is 35.8 Å². The average molecular weight is 347 g/mol. The standard InChI is InChI=1S/C18H29N5O2/c1-4-19-18(20-9-6-10-25-12-11-24-3)21-13-16-14-23-15(2)7-5-8-17(23)22-16/h5,7-8,14H,4,6,9-13H2,1-3H3,(H2,19,20,21). The molecule has 0 aliphatic rings. The first-order valence-electron chi connectivity index (χ1n) is 8.77. The second kappa shape index (κ2) is 10.7. The number of pyridine rings is 1. The highest BCUT2D eigenvalue weighted by Gasteiger charge is 2.03. The van der Waals surface area contributed by atoms with Gasteiger partial charge in [-0.05, 0) is 32.4 Å². The molecule has 0 saturated carbocycles. The number of aromatic nitrogens is 2. The molecule has 7 heteroatoms. The number of imidazole rings is 1. The number of hydrogen-bond acceptors (Lipinski definition) is 4. The van der Waals surface area contributed by atoms with E-state index in [0.717, 1.165) is 36.8 Å². The second-order valence-electron chi connectivity index (χ2n) is 5.71. The Morgan fingerprint density at radius 3 is 2.88 bits per heavy atom. The van der Waals surface area contributed by atoms with Crippen molar-refractivity contribution < 1.29 is 9.47 Å². The van der Waals surface area contributed by atoms with Crippen LogP contribution in [0.5, 0.6) is 0 Å². The Bertz CT molecular complexity index is 669. The summed E-state index contributed by atoms with van der Waals surface area (Å²) in [6.07, 6.45) is 2.96. The molecule has 0 radical (unpaired) electrons. The SMILES string of the molecule is CCNC(=NCc1cn2c(C)cccc2n1)NCCCOCCOC. The van der Waals surface area contributed by atoms with E-state index in [1.165, 1.54) is 5.69 Å². The quantitative estimate of drug-likeness (QED) is 0.389. The summed E-state index contributed by atoms with van der Waals surface area (Å²) in [6, 6.07) is 6.10. The monoisotopic (exact) mass is 347 g/mol. The largest absolute Gasteiger partial charge is 0.382 e. The Morgan fingerprint density at radius 2 is 2.12 bits per heavy atom. The highest BCUT2D eigenvalue weighted by atomic mass is 16.5. The van der Waals surface area contributed by atoms with Crippen molar-refractivity contribution >= 4 is 11.6 Å². The molecule has 2 aromatic rings. The molecular weight excluding hydrogens is 318 g/mol. The first-order valence-corrected chi connectivity index (χ1v) is 8.77. The topological polar surface area (TPSA) is 72.2 Å². The van der Waals surface area contributed by atoms with Gasteiger partial charge in [-0.1, -0.05) is 6.07 Å². The summed E-state index contributed by atoms with van der Waals surface area (Å²) < 4.78 is 12.5. The molecule has 2 rings (SSSR count). The smallest absolute Gasteiger partial charge is 0.191 e. The van der Waals surface area contributed by atoms with Crippen LogP contribution >= 0.6 is 0 Å². The third-order valence-corrected chi connectivity index (χ3v) is 3.68. The van der Waals surface area contributed by atoms with Gasteiger partial charge >= 0.3 is 0 Å². The second-order valence-corrected chi connectivity index (χ2v) is 5.71. The van der Waals surface area contributed by atoms with E-state index in [1.54, 1.807) is 7.11 Å². The first-order chi connectivity index (χ1) is 12.2. The molecule has 7 nitrogen and oxygen atoms in total. The predicted molar refractivity (Wildman–Crippen MR) is 100 cm³/mol. The third kappa shape index (κ3) is 6.36. The Kier molecular flexibility index (Phi) is 8.21. The minimum Gasteiger partial charge on any atom is -0.382 e. The summed E-state index contributed by atoms with van der Waals surface area (Å²) in [5.74, 6) is 0.799. The average Bonchev–Trinajstić information content (AvgIpc) is 3.03. The fourth-order valence-corrected chi connectivity index (χ4v) is 2.40. The van der Waals surface area contributed by atoms with Gasteiger partial charge in [0.2, 0.25) is 0 Å². The van der Waals surface area contributed by atoms with Gasteiger partial charge in [-0.15, -0.1) is 0 Å². The zero-order valence-corrected chi connectivity index (χ0v) is 15.4. The van der Waals surface area contributed by atoms with Crippen molar-refractivity contribution in [1.29, 1.82) is 0 Å². The van der Waals surface area contributed by atoms with Crippen molar-refractivity contribution in [3.8, 4) is 0 Å². The zero-order valence-electron chi connectivity index (χ0n) is 15.4. The van der Waals surface area contributed by atoms with Crippen LogP contribution in [-0.4, -0.2) is 55.4 Å². The van der Waals surface area contributed by atoms with Crippen molar-refractivity contribution in [2.24, 2.45) is 4.99 Å². The van der Waals surface area contributed by atoms with E-state index in [2.05, 4.69) is 44.9 Å². The minimum absolute atomic E-state index is 0.542. The number of rotatable bonds is 10. The number of methoxy groups -OCH3 is 1. The summed E-state index contributed by atoms with van der Waals surface area (Å²) in [5, 5.41) is 6.57. The molecule has 0 unspecified atom stereocenters. The van der Waals surface area contributed by atoms with Crippen LogP contribution in [0.3, 0.4) is 0 Å². The van der Waals surface area contributed by atoms with E-state index in [0.29, 0.717) is 26.4 Å². The number of aryl methyl sites for hydroxylation is 1. The summed E-state index contributed by atoms with van der Waals surface area (Å²) >= 11 is 0. The van der Waals surface area contributed by atoms with Crippen LogP contribution in [-0.2, 0) is 16.0 Å². The molecule has 0 aliphatic heterocycles. The minimum atomic E-state index is 0.542. The Morgan fingerprint density at radius 1 is 1.24 bits per heavy atom. The van der Waals surface area contributed by atoms with Crippen molar-refractivity contribution in [1.82, 2.24) is 20.0 Å². The predicted octanol–water partition coefficient (Wildman–Crippen LogP) is 1.75. The number of hydrogen-bond donors (Lipinski definition) is 2. The van der Waals surface area contributed by atoms with Gasteiger partial charge in [0, 0.05) is 38.7 Å². The lowest BCUT2D eigenvalue weighted by Gasteiger charge is -2.11. The van der Waals surface area contributed by atoms with Crippen LogP contribution in [0.25, 0.3) is 5.65 Å². The van der Waals surface area contributed by atoms with Crippen molar-refractivity contribution in [2.45, 2.75) is 26.8 Å². The lowest BCUT2D eigenvalue weighted by atomic mass is 10.4. The first kappa shape index (κ1) is 19.2. The molecule has 0 atom stereocenters. The maximum absolute atomic E-state index is 5.45. The highest BCUT2D eigenvalue weighted by molar-refractivity contribution is 5.79. The molecule has 0 spiro atoms. The van der Waals surface area contributed by atoms with E-state index in [9.17, 15) is 0 Å². The molecule has 138 valence electrons. The molecule has 0 saturated heterocycles. The maximum Gasteiger partial charge on any atom is 0.191 e. The van der Waals surface area contributed by atoms with Crippen LogP contribution in [0, 0.1) is 6.92 Å². The molecule has 2 aromatic heterocycles. The van der Waals surface area contributed by atoms with Crippen LogP contribution in [0.1, 0.15) is 24.7 Å². The lowest BCUT2D eigenvalue weighted by molar-refractivity contribution is 0.0698. The third-order valence-electron chi connectivity index (χ3n) is 3.68. The number of guanidine groups is 1. The van der Waals surface area contributed by atoms with Crippen LogP contribution < -0.4 is 10.6 Å². The molecule has 0 fully saturated rings. The number of fused-ring (bicyclic) bond motifs is 1. The molecular formula is C18H29N5O2. The molecule has 0 aliphatic carbocycles. The van der Waals surface area contributed by atoms with Crippen LogP contribution in [0.15, 0.2) is 29.4 Å². The van der Waals surface area contributed by atoms with Crippen LogP contribution in [0.4, 0.5) is 0 Å². The van der Waals surface area contributed by atoms with Crippen LogP contribution in [0.2, 0.25) is 0 Å². The number of nitrogens with one attached hydrogen (secondary N) is 2. The van der Waals surface area contributed by atoms with Gasteiger partial charge in [-0.3, -0.25) is 0 Å². The van der Waals surface area contributed by atoms with Gasteiger partial charge in [-0.25, -0.2) is 9.98 Å². The summed E-state index contributed by atoms with van der Waals surface area (Å²) in [6.45, 7) is 8.28. The molecule has 2 N–H and O–H groups in total. The van der Waals surface area contributed by atoms with Crippen molar-refractivity contribution in [2.75, 3.05) is 40.0 Å². The van der Waals surface area contributed by atoms with Gasteiger partial charge in [0.15, 0.2) is 5.96 Å².